The summed E-state index contributed by atoms with van der Waals surface area (Å²) in [6.45, 7) is 0.645. The zero-order valence-corrected chi connectivity index (χ0v) is 15.2. The number of amides is 3. The lowest BCUT2D eigenvalue weighted by Gasteiger charge is -2.24. The van der Waals surface area contributed by atoms with Gasteiger partial charge in [0, 0.05) is 30.6 Å². The maximum Gasteiger partial charge on any atom is 0.414 e. The van der Waals surface area contributed by atoms with Crippen molar-refractivity contribution in [1.82, 2.24) is 5.06 Å². The van der Waals surface area contributed by atoms with Crippen molar-refractivity contribution in [2.24, 2.45) is 5.73 Å². The molecule has 26 heavy (non-hydrogen) atoms. The van der Waals surface area contributed by atoms with E-state index in [0.29, 0.717) is 5.33 Å². The minimum absolute atomic E-state index is 0.0505. The lowest BCUT2D eigenvalue weighted by Crippen LogP contribution is -2.38. The quantitative estimate of drug-likeness (QED) is 0.732. The zero-order chi connectivity index (χ0) is 18.8. The van der Waals surface area contributed by atoms with Gasteiger partial charge in [-0.15, -0.1) is 0 Å². The summed E-state index contributed by atoms with van der Waals surface area (Å²) in [7, 11) is 0. The van der Waals surface area contributed by atoms with Gasteiger partial charge in [-0.3, -0.25) is 9.74 Å². The van der Waals surface area contributed by atoms with Crippen molar-refractivity contribution >= 4 is 39.4 Å². The molecule has 1 aromatic carbocycles. The fourth-order valence-corrected chi connectivity index (χ4v) is 3.21. The number of ether oxygens (including phenoxy) is 1. The van der Waals surface area contributed by atoms with Gasteiger partial charge in [0.2, 0.25) is 0 Å². The Bertz CT molecular complexity index is 700. The van der Waals surface area contributed by atoms with Crippen LogP contribution in [0.5, 0.6) is 0 Å². The minimum atomic E-state index is -0.817. The Labute approximate surface area is 156 Å². The zero-order valence-electron chi connectivity index (χ0n) is 13.7. The van der Waals surface area contributed by atoms with Crippen LogP contribution in [-0.4, -0.2) is 61.4 Å². The second-order valence-corrected chi connectivity index (χ2v) is 6.44. The monoisotopic (exact) mass is 434 g/mol. The van der Waals surface area contributed by atoms with Gasteiger partial charge in [-0.05, 0) is 0 Å². The molecule has 0 aromatic heterocycles. The topological polar surface area (TPSA) is 88.3 Å². The van der Waals surface area contributed by atoms with Crippen LogP contribution < -0.4 is 15.5 Å². The molecule has 0 radical (unpaired) electrons. The van der Waals surface area contributed by atoms with Gasteiger partial charge < -0.3 is 15.4 Å². The number of primary amides is 1. The number of hydrogen-bond acceptors (Lipinski definition) is 5. The van der Waals surface area contributed by atoms with Crippen LogP contribution in [0.15, 0.2) is 12.1 Å². The van der Waals surface area contributed by atoms with Crippen LogP contribution in [0.4, 0.5) is 29.7 Å². The van der Waals surface area contributed by atoms with E-state index in [1.807, 2.05) is 0 Å². The van der Waals surface area contributed by atoms with Gasteiger partial charge in [0.05, 0.1) is 25.4 Å². The van der Waals surface area contributed by atoms with E-state index in [2.05, 4.69) is 15.9 Å². The molecule has 0 saturated carbocycles. The summed E-state index contributed by atoms with van der Waals surface area (Å²) in [4.78, 5) is 30.8. The molecule has 3 rings (SSSR count). The molecule has 0 aliphatic carbocycles. The van der Waals surface area contributed by atoms with Crippen molar-refractivity contribution in [1.29, 1.82) is 0 Å². The predicted molar refractivity (Wildman–Crippen MR) is 92.2 cm³/mol. The highest BCUT2D eigenvalue weighted by Crippen LogP contribution is 2.31. The molecule has 1 aromatic rings. The van der Waals surface area contributed by atoms with Crippen LogP contribution >= 0.6 is 15.9 Å². The SMILES string of the molecule is NC(=O)N1CCN(c2c(F)cc(N3C[C@H](CBr)OC3=O)cc2F)CCO1. The summed E-state index contributed by atoms with van der Waals surface area (Å²) >= 11 is 3.21. The predicted octanol–water partition coefficient (Wildman–Crippen LogP) is 1.82. The summed E-state index contributed by atoms with van der Waals surface area (Å²) in [6.07, 6.45) is -1.03. The first-order valence-corrected chi connectivity index (χ1v) is 9.01. The van der Waals surface area contributed by atoms with Gasteiger partial charge >= 0.3 is 12.1 Å². The second kappa shape index (κ2) is 7.62. The molecule has 8 nitrogen and oxygen atoms in total. The maximum absolute atomic E-state index is 14.6. The van der Waals surface area contributed by atoms with Crippen LogP contribution in [0.3, 0.4) is 0 Å². The van der Waals surface area contributed by atoms with Crippen LogP contribution in [0.25, 0.3) is 0 Å². The number of hydrogen-bond donors (Lipinski definition) is 1. The van der Waals surface area contributed by atoms with Crippen molar-refractivity contribution < 1.29 is 27.9 Å². The summed E-state index contributed by atoms with van der Waals surface area (Å²) in [6, 6.07) is 1.42. The number of alkyl halides is 1. The molecule has 2 aliphatic rings. The third-order valence-electron chi connectivity index (χ3n) is 4.10. The molecule has 2 saturated heterocycles. The van der Waals surface area contributed by atoms with Crippen molar-refractivity contribution in [3.8, 4) is 0 Å². The molecule has 2 heterocycles. The van der Waals surface area contributed by atoms with E-state index in [4.69, 9.17) is 15.3 Å². The molecule has 2 aliphatic heterocycles. The number of anilines is 2. The summed E-state index contributed by atoms with van der Waals surface area (Å²) in [5.74, 6) is -1.63. The molecule has 1 atom stereocenters. The average molecular weight is 435 g/mol. The lowest BCUT2D eigenvalue weighted by molar-refractivity contribution is -0.102. The summed E-state index contributed by atoms with van der Waals surface area (Å²) in [5.41, 5.74) is 4.99. The number of urea groups is 1. The number of nitrogens with zero attached hydrogens (tertiary/aromatic N) is 3. The minimum Gasteiger partial charge on any atom is -0.443 e. The van der Waals surface area contributed by atoms with Crippen LogP contribution in [-0.2, 0) is 9.57 Å². The molecule has 142 valence electrons. The van der Waals surface area contributed by atoms with Crippen molar-refractivity contribution in [2.75, 3.05) is 47.9 Å². The van der Waals surface area contributed by atoms with Gasteiger partial charge in [-0.25, -0.2) is 23.4 Å². The Morgan fingerprint density at radius 2 is 1.96 bits per heavy atom. The number of benzene rings is 1. The van der Waals surface area contributed by atoms with E-state index in [1.165, 1.54) is 9.80 Å². The molecule has 11 heteroatoms. The number of cyclic esters (lactones) is 1. The van der Waals surface area contributed by atoms with E-state index in [0.717, 1.165) is 17.2 Å². The lowest BCUT2D eigenvalue weighted by atomic mass is 10.2. The molecule has 3 amide bonds. The Hall–Kier alpha value is -2.14. The van der Waals surface area contributed by atoms with Crippen LogP contribution in [0.1, 0.15) is 0 Å². The average Bonchev–Trinajstić information content (AvgIpc) is 2.80. The van der Waals surface area contributed by atoms with Crippen LogP contribution in [0.2, 0.25) is 0 Å². The molecule has 2 fully saturated rings. The largest absolute Gasteiger partial charge is 0.443 e. The summed E-state index contributed by atoms with van der Waals surface area (Å²) in [5, 5.41) is 1.38. The van der Waals surface area contributed by atoms with Gasteiger partial charge in [-0.1, -0.05) is 15.9 Å². The molecular weight excluding hydrogens is 418 g/mol. The molecule has 0 spiro atoms. The maximum atomic E-state index is 14.6. The highest BCUT2D eigenvalue weighted by atomic mass is 79.9. The smallest absolute Gasteiger partial charge is 0.414 e. The third kappa shape index (κ3) is 3.68. The van der Waals surface area contributed by atoms with Gasteiger partial charge in [0.25, 0.3) is 0 Å². The number of carbonyl (C=O) groups is 2. The first-order valence-electron chi connectivity index (χ1n) is 7.88. The first kappa shape index (κ1) is 18.6. The Morgan fingerprint density at radius 1 is 1.27 bits per heavy atom. The van der Waals surface area contributed by atoms with Gasteiger partial charge in [-0.2, -0.15) is 0 Å². The number of halogens is 3. The van der Waals surface area contributed by atoms with Crippen LogP contribution in [0, 0.1) is 11.6 Å². The second-order valence-electron chi connectivity index (χ2n) is 5.79. The van der Waals surface area contributed by atoms with Gasteiger partial charge in [0.1, 0.15) is 11.8 Å². The van der Waals surface area contributed by atoms with Crippen molar-refractivity contribution in [3.63, 3.8) is 0 Å². The van der Waals surface area contributed by atoms with Crippen molar-refractivity contribution in [3.05, 3.63) is 23.8 Å². The highest BCUT2D eigenvalue weighted by molar-refractivity contribution is 9.09. The molecular formula is C15H17BrF2N4O4. The number of nitrogens with two attached hydrogens (primary N) is 1. The highest BCUT2D eigenvalue weighted by Gasteiger charge is 2.33. The van der Waals surface area contributed by atoms with E-state index < -0.39 is 23.8 Å². The number of carbonyl (C=O) groups excluding carboxylic acids is 2. The normalized spacial score (nSPS) is 21.0. The Morgan fingerprint density at radius 3 is 2.54 bits per heavy atom. The van der Waals surface area contributed by atoms with E-state index in [-0.39, 0.29) is 50.3 Å². The molecule has 0 bridgehead atoms. The van der Waals surface area contributed by atoms with Gasteiger partial charge in [0.15, 0.2) is 11.6 Å². The van der Waals surface area contributed by atoms with E-state index in [9.17, 15) is 18.4 Å². The fraction of sp³-hybridized carbons (Fsp3) is 0.467. The molecule has 0 unspecified atom stereocenters. The third-order valence-corrected chi connectivity index (χ3v) is 4.83. The Kier molecular flexibility index (Phi) is 5.47. The summed E-state index contributed by atoms with van der Waals surface area (Å²) < 4.78 is 34.3. The fourth-order valence-electron chi connectivity index (χ4n) is 2.87. The standard InChI is InChI=1S/C15H17BrF2N4O4/c16-7-10-8-21(15(24)26-10)9-5-11(17)13(12(18)6-9)20-1-2-22(14(19)23)25-4-3-20/h5-6,10H,1-4,7-8H2,(H2,19,23)/t10-/m0/s1. The Balaban J connectivity index is 1.82. The molecule has 2 N–H and O–H groups in total. The van der Waals surface area contributed by atoms with Crippen molar-refractivity contribution in [2.45, 2.75) is 6.10 Å². The first-order chi connectivity index (χ1) is 12.4. The number of hydroxylamine groups is 2. The van der Waals surface area contributed by atoms with E-state index in [1.54, 1.807) is 0 Å². The number of rotatable bonds is 3. The van der Waals surface area contributed by atoms with E-state index >= 15 is 0 Å².